The zero-order chi connectivity index (χ0) is 29.3. The van der Waals surface area contributed by atoms with E-state index in [0.29, 0.717) is 44.2 Å². The van der Waals surface area contributed by atoms with Crippen LogP contribution in [0.15, 0.2) is 36.5 Å². The number of ether oxygens (including phenoxy) is 1. The number of hydrogen-bond donors (Lipinski definition) is 2. The molecule has 2 aliphatic rings. The van der Waals surface area contributed by atoms with E-state index >= 15 is 0 Å². The summed E-state index contributed by atoms with van der Waals surface area (Å²) >= 11 is 6.43. The lowest BCUT2D eigenvalue weighted by molar-refractivity contribution is -0.134. The Morgan fingerprint density at radius 1 is 1.07 bits per heavy atom. The Balaban J connectivity index is 1.22. The standard InChI is InChI=1S/C28H29ClF2N6O4/c1-35-21(19-5-6-22(41-2)25(31)24(19)30)15-33-26(35)27(39)34-17-3-4-18(20(29)12-17)28(40)37-9-7-36(8-10-37)23(38)11-16-13-32-14-16/h3-6,12,15-16,32H,7-11,13-14H2,1-2H3,(H,34,39). The summed E-state index contributed by atoms with van der Waals surface area (Å²) in [4.78, 5) is 46.1. The van der Waals surface area contributed by atoms with Gasteiger partial charge < -0.3 is 29.7 Å². The largest absolute Gasteiger partial charge is 0.494 e. The number of anilines is 1. The molecule has 216 valence electrons. The van der Waals surface area contributed by atoms with Crippen molar-refractivity contribution in [2.75, 3.05) is 51.7 Å². The zero-order valence-corrected chi connectivity index (χ0v) is 23.3. The van der Waals surface area contributed by atoms with E-state index in [1.807, 2.05) is 0 Å². The van der Waals surface area contributed by atoms with Crippen LogP contribution in [0, 0.1) is 17.6 Å². The predicted molar refractivity (Wildman–Crippen MR) is 148 cm³/mol. The smallest absolute Gasteiger partial charge is 0.291 e. The van der Waals surface area contributed by atoms with Crippen LogP contribution in [0.25, 0.3) is 11.3 Å². The van der Waals surface area contributed by atoms with Crippen LogP contribution in [0.1, 0.15) is 27.4 Å². The zero-order valence-electron chi connectivity index (χ0n) is 22.5. The van der Waals surface area contributed by atoms with E-state index in [4.69, 9.17) is 16.3 Å². The van der Waals surface area contributed by atoms with E-state index in [9.17, 15) is 23.2 Å². The molecule has 3 amide bonds. The molecular formula is C28H29ClF2N6O4. The first-order valence-corrected chi connectivity index (χ1v) is 13.5. The summed E-state index contributed by atoms with van der Waals surface area (Å²) in [5, 5.41) is 5.99. The molecule has 0 saturated carbocycles. The first-order valence-electron chi connectivity index (χ1n) is 13.1. The number of carbonyl (C=O) groups is 3. The number of nitrogens with zero attached hydrogens (tertiary/aromatic N) is 4. The third kappa shape index (κ3) is 5.75. The molecule has 0 aliphatic carbocycles. The van der Waals surface area contributed by atoms with Crippen LogP contribution in [-0.2, 0) is 11.8 Å². The molecule has 0 unspecified atom stereocenters. The number of methoxy groups -OCH3 is 1. The normalized spacial score (nSPS) is 15.4. The molecule has 2 aromatic carbocycles. The minimum absolute atomic E-state index is 0.0482. The van der Waals surface area contributed by atoms with Crippen molar-refractivity contribution in [3.8, 4) is 17.0 Å². The lowest BCUT2D eigenvalue weighted by atomic mass is 9.98. The van der Waals surface area contributed by atoms with Gasteiger partial charge >= 0.3 is 0 Å². The predicted octanol–water partition coefficient (Wildman–Crippen LogP) is 3.17. The SMILES string of the molecule is COc1ccc(-c2cnc(C(=O)Nc3ccc(C(=O)N4CCN(C(=O)CC5CNC5)CC4)c(Cl)c3)n2C)c(F)c1F. The number of nitrogens with one attached hydrogen (secondary N) is 2. The molecular weight excluding hydrogens is 558 g/mol. The van der Waals surface area contributed by atoms with Crippen LogP contribution in [0.5, 0.6) is 5.75 Å². The van der Waals surface area contributed by atoms with Gasteiger partial charge in [-0.05, 0) is 49.3 Å². The maximum Gasteiger partial charge on any atom is 0.291 e. The number of rotatable bonds is 7. The molecule has 2 aliphatic heterocycles. The summed E-state index contributed by atoms with van der Waals surface area (Å²) in [5.74, 6) is -2.91. The van der Waals surface area contributed by atoms with Gasteiger partial charge in [0.2, 0.25) is 11.7 Å². The second-order valence-corrected chi connectivity index (χ2v) is 10.4. The Bertz CT molecular complexity index is 1500. The molecule has 1 aromatic heterocycles. The second-order valence-electron chi connectivity index (χ2n) is 10.0. The lowest BCUT2D eigenvalue weighted by Crippen LogP contribution is -2.52. The van der Waals surface area contributed by atoms with Gasteiger partial charge in [0.05, 0.1) is 29.6 Å². The second kappa shape index (κ2) is 11.8. The van der Waals surface area contributed by atoms with Crippen LogP contribution in [0.4, 0.5) is 14.5 Å². The van der Waals surface area contributed by atoms with Crippen molar-refractivity contribution < 1.29 is 27.9 Å². The fraction of sp³-hybridized carbons (Fsp3) is 0.357. The summed E-state index contributed by atoms with van der Waals surface area (Å²) in [7, 11) is 2.74. The number of imidazole rings is 1. The molecule has 0 bridgehead atoms. The van der Waals surface area contributed by atoms with Crippen molar-refractivity contribution >= 4 is 35.0 Å². The number of aromatic nitrogens is 2. The summed E-state index contributed by atoms with van der Waals surface area (Å²) in [6.07, 6.45) is 1.79. The number of hydrogen-bond acceptors (Lipinski definition) is 6. The molecule has 2 fully saturated rings. The number of halogens is 3. The van der Waals surface area contributed by atoms with Gasteiger partial charge in [-0.1, -0.05) is 11.6 Å². The summed E-state index contributed by atoms with van der Waals surface area (Å²) in [6.45, 7) is 3.48. The average Bonchev–Trinajstić information content (AvgIpc) is 3.33. The highest BCUT2D eigenvalue weighted by atomic mass is 35.5. The number of benzene rings is 2. The van der Waals surface area contributed by atoms with Gasteiger partial charge in [-0.15, -0.1) is 0 Å². The molecule has 0 radical (unpaired) electrons. The third-order valence-corrected chi connectivity index (χ3v) is 7.75. The number of piperazine rings is 1. The maximum atomic E-state index is 14.6. The molecule has 13 heteroatoms. The van der Waals surface area contributed by atoms with Crippen LogP contribution in [0.2, 0.25) is 5.02 Å². The Morgan fingerprint density at radius 2 is 1.78 bits per heavy atom. The Labute approximate surface area is 240 Å². The summed E-state index contributed by atoms with van der Waals surface area (Å²) in [6, 6.07) is 7.17. The minimum atomic E-state index is -1.14. The van der Waals surface area contributed by atoms with Gasteiger partial charge in [0.25, 0.3) is 11.8 Å². The van der Waals surface area contributed by atoms with Crippen LogP contribution in [-0.4, -0.2) is 83.5 Å². The molecule has 0 spiro atoms. The van der Waals surface area contributed by atoms with Crippen molar-refractivity contribution in [2.45, 2.75) is 6.42 Å². The van der Waals surface area contributed by atoms with E-state index in [0.717, 1.165) is 13.1 Å². The molecule has 10 nitrogen and oxygen atoms in total. The first kappa shape index (κ1) is 28.5. The highest BCUT2D eigenvalue weighted by molar-refractivity contribution is 6.34. The maximum absolute atomic E-state index is 14.6. The molecule has 0 atom stereocenters. The molecule has 2 saturated heterocycles. The van der Waals surface area contributed by atoms with Crippen LogP contribution in [0.3, 0.4) is 0 Å². The molecule has 41 heavy (non-hydrogen) atoms. The molecule has 3 aromatic rings. The highest BCUT2D eigenvalue weighted by Crippen LogP contribution is 2.30. The quantitative estimate of drug-likeness (QED) is 0.440. The number of carbonyl (C=O) groups excluding carboxylic acids is 3. The molecule has 2 N–H and O–H groups in total. The molecule has 5 rings (SSSR count). The van der Waals surface area contributed by atoms with Crippen LogP contribution < -0.4 is 15.4 Å². The van der Waals surface area contributed by atoms with Gasteiger partial charge in [0.15, 0.2) is 17.4 Å². The third-order valence-electron chi connectivity index (χ3n) is 7.44. The summed E-state index contributed by atoms with van der Waals surface area (Å²) < 4.78 is 35.0. The van der Waals surface area contributed by atoms with Gasteiger partial charge in [-0.3, -0.25) is 14.4 Å². The Morgan fingerprint density at radius 3 is 2.41 bits per heavy atom. The van der Waals surface area contributed by atoms with E-state index in [1.165, 1.54) is 49.2 Å². The molecule has 3 heterocycles. The fourth-order valence-electron chi connectivity index (χ4n) is 4.91. The lowest BCUT2D eigenvalue weighted by Gasteiger charge is -2.36. The Hall–Kier alpha value is -4.03. The van der Waals surface area contributed by atoms with Crippen molar-refractivity contribution in [1.29, 1.82) is 0 Å². The van der Waals surface area contributed by atoms with Crippen LogP contribution >= 0.6 is 11.6 Å². The van der Waals surface area contributed by atoms with E-state index in [2.05, 4.69) is 15.6 Å². The fourth-order valence-corrected chi connectivity index (χ4v) is 5.17. The minimum Gasteiger partial charge on any atom is -0.494 e. The van der Waals surface area contributed by atoms with Crippen molar-refractivity contribution in [3.05, 3.63) is 64.6 Å². The van der Waals surface area contributed by atoms with Crippen molar-refractivity contribution in [2.24, 2.45) is 13.0 Å². The summed E-state index contributed by atoms with van der Waals surface area (Å²) in [5.41, 5.74) is 0.712. The Kier molecular flexibility index (Phi) is 8.22. The monoisotopic (exact) mass is 586 g/mol. The van der Waals surface area contributed by atoms with Gasteiger partial charge in [-0.2, -0.15) is 4.39 Å². The van der Waals surface area contributed by atoms with Crippen molar-refractivity contribution in [1.82, 2.24) is 24.7 Å². The van der Waals surface area contributed by atoms with E-state index in [-0.39, 0.29) is 45.2 Å². The van der Waals surface area contributed by atoms with Gasteiger partial charge in [-0.25, -0.2) is 9.37 Å². The van der Waals surface area contributed by atoms with Gasteiger partial charge in [0, 0.05) is 50.9 Å². The topological polar surface area (TPSA) is 109 Å². The average molecular weight is 587 g/mol. The first-order chi connectivity index (χ1) is 19.7. The van der Waals surface area contributed by atoms with E-state index < -0.39 is 17.5 Å². The van der Waals surface area contributed by atoms with Crippen molar-refractivity contribution in [3.63, 3.8) is 0 Å². The van der Waals surface area contributed by atoms with E-state index in [1.54, 1.807) is 15.9 Å². The number of amides is 3. The van der Waals surface area contributed by atoms with Gasteiger partial charge in [0.1, 0.15) is 0 Å². The highest BCUT2D eigenvalue weighted by Gasteiger charge is 2.29.